The van der Waals surface area contributed by atoms with Gasteiger partial charge in [-0.1, -0.05) is 29.8 Å². The molecule has 1 saturated heterocycles. The van der Waals surface area contributed by atoms with Crippen LogP contribution in [0.4, 0.5) is 0 Å². The van der Waals surface area contributed by atoms with Gasteiger partial charge in [-0.05, 0) is 48.9 Å². The van der Waals surface area contributed by atoms with Gasteiger partial charge in [-0.3, -0.25) is 4.79 Å². The lowest BCUT2D eigenvalue weighted by Crippen LogP contribution is -2.34. The standard InChI is InChI=1S/C19H21ClN2O2.ClH/c20-17-7-5-15(6-8-17)14-24-18-4-1-3-16(13-18)19(23)22-11-2-9-21-10-12-22;/h1,3-8,13,21H,2,9-12,14H2;1H. The Labute approximate surface area is 159 Å². The fourth-order valence-corrected chi connectivity index (χ4v) is 2.82. The van der Waals surface area contributed by atoms with Crippen molar-refractivity contribution in [3.8, 4) is 5.75 Å². The molecule has 0 aromatic heterocycles. The molecule has 0 unspecified atom stereocenters. The second-order valence-corrected chi connectivity index (χ2v) is 6.28. The Kier molecular flexibility index (Phi) is 7.56. The Morgan fingerprint density at radius 2 is 1.92 bits per heavy atom. The highest BCUT2D eigenvalue weighted by atomic mass is 35.5. The predicted molar refractivity (Wildman–Crippen MR) is 103 cm³/mol. The Hall–Kier alpha value is -1.75. The molecule has 2 aromatic carbocycles. The van der Waals surface area contributed by atoms with Crippen molar-refractivity contribution in [2.24, 2.45) is 0 Å². The Morgan fingerprint density at radius 1 is 1.12 bits per heavy atom. The van der Waals surface area contributed by atoms with Crippen molar-refractivity contribution in [1.82, 2.24) is 10.2 Å². The summed E-state index contributed by atoms with van der Waals surface area (Å²) in [6, 6.07) is 14.9. The Morgan fingerprint density at radius 3 is 2.72 bits per heavy atom. The Balaban J connectivity index is 0.00000225. The summed E-state index contributed by atoms with van der Waals surface area (Å²) in [7, 11) is 0. The van der Waals surface area contributed by atoms with Crippen molar-refractivity contribution in [3.05, 3.63) is 64.7 Å². The van der Waals surface area contributed by atoms with E-state index in [0.717, 1.165) is 38.2 Å². The van der Waals surface area contributed by atoms with Crippen LogP contribution in [0.1, 0.15) is 22.3 Å². The highest BCUT2D eigenvalue weighted by Gasteiger charge is 2.17. The van der Waals surface area contributed by atoms with Crippen molar-refractivity contribution in [2.75, 3.05) is 26.2 Å². The third-order valence-corrected chi connectivity index (χ3v) is 4.28. The maximum Gasteiger partial charge on any atom is 0.254 e. The van der Waals surface area contributed by atoms with Crippen LogP contribution in [0, 0.1) is 0 Å². The maximum atomic E-state index is 12.6. The lowest BCUT2D eigenvalue weighted by atomic mass is 10.2. The van der Waals surface area contributed by atoms with Gasteiger partial charge in [-0.15, -0.1) is 12.4 Å². The van der Waals surface area contributed by atoms with E-state index in [1.54, 1.807) is 0 Å². The number of amides is 1. The number of carbonyl (C=O) groups excluding carboxylic acids is 1. The summed E-state index contributed by atoms with van der Waals surface area (Å²) < 4.78 is 5.81. The summed E-state index contributed by atoms with van der Waals surface area (Å²) in [5.74, 6) is 0.763. The largest absolute Gasteiger partial charge is 0.489 e. The Bertz CT molecular complexity index is 684. The van der Waals surface area contributed by atoms with Crippen LogP contribution in [-0.2, 0) is 6.61 Å². The molecule has 1 aliphatic rings. The second-order valence-electron chi connectivity index (χ2n) is 5.84. The summed E-state index contributed by atoms with van der Waals surface area (Å²) in [6.45, 7) is 3.80. The number of nitrogens with zero attached hydrogens (tertiary/aromatic N) is 1. The van der Waals surface area contributed by atoms with E-state index in [0.29, 0.717) is 22.9 Å². The van der Waals surface area contributed by atoms with Crippen molar-refractivity contribution in [2.45, 2.75) is 13.0 Å². The van der Waals surface area contributed by atoms with Gasteiger partial charge in [0, 0.05) is 30.2 Å². The molecule has 0 aliphatic carbocycles. The van der Waals surface area contributed by atoms with E-state index < -0.39 is 0 Å². The molecule has 134 valence electrons. The van der Waals surface area contributed by atoms with Gasteiger partial charge >= 0.3 is 0 Å². The zero-order valence-electron chi connectivity index (χ0n) is 13.9. The molecule has 3 rings (SSSR count). The first-order chi connectivity index (χ1) is 11.7. The van der Waals surface area contributed by atoms with Crippen LogP contribution in [0.3, 0.4) is 0 Å². The van der Waals surface area contributed by atoms with E-state index in [9.17, 15) is 4.79 Å². The number of halogens is 2. The molecule has 25 heavy (non-hydrogen) atoms. The molecular weight excluding hydrogens is 359 g/mol. The monoisotopic (exact) mass is 380 g/mol. The summed E-state index contributed by atoms with van der Waals surface area (Å²) in [4.78, 5) is 14.5. The first-order valence-electron chi connectivity index (χ1n) is 8.20. The lowest BCUT2D eigenvalue weighted by molar-refractivity contribution is 0.0766. The van der Waals surface area contributed by atoms with Crippen LogP contribution in [0.5, 0.6) is 5.75 Å². The minimum Gasteiger partial charge on any atom is -0.489 e. The number of hydrogen-bond acceptors (Lipinski definition) is 3. The second kappa shape index (κ2) is 9.66. The van der Waals surface area contributed by atoms with Gasteiger partial charge in [0.05, 0.1) is 0 Å². The molecule has 1 N–H and O–H groups in total. The molecule has 6 heteroatoms. The molecule has 0 spiro atoms. The van der Waals surface area contributed by atoms with Crippen LogP contribution in [0.25, 0.3) is 0 Å². The summed E-state index contributed by atoms with van der Waals surface area (Å²) in [5.41, 5.74) is 1.71. The molecule has 1 aliphatic heterocycles. The van der Waals surface area contributed by atoms with Crippen molar-refractivity contribution in [3.63, 3.8) is 0 Å². The smallest absolute Gasteiger partial charge is 0.254 e. The van der Waals surface area contributed by atoms with E-state index in [4.69, 9.17) is 16.3 Å². The molecule has 1 fully saturated rings. The maximum absolute atomic E-state index is 12.6. The number of ether oxygens (including phenoxy) is 1. The normalized spacial score (nSPS) is 14.4. The van der Waals surface area contributed by atoms with Gasteiger partial charge < -0.3 is 15.0 Å². The van der Waals surface area contributed by atoms with Gasteiger partial charge in [-0.2, -0.15) is 0 Å². The number of rotatable bonds is 4. The summed E-state index contributed by atoms with van der Waals surface area (Å²) in [5, 5.41) is 4.02. The minimum atomic E-state index is 0. The quantitative estimate of drug-likeness (QED) is 0.877. The third kappa shape index (κ3) is 5.63. The molecule has 2 aromatic rings. The topological polar surface area (TPSA) is 41.6 Å². The average molecular weight is 381 g/mol. The summed E-state index contributed by atoms with van der Waals surface area (Å²) >= 11 is 5.88. The van der Waals surface area contributed by atoms with Gasteiger partial charge in [0.1, 0.15) is 12.4 Å². The molecule has 0 bridgehead atoms. The van der Waals surface area contributed by atoms with Crippen molar-refractivity contribution in [1.29, 1.82) is 0 Å². The van der Waals surface area contributed by atoms with Crippen LogP contribution in [0.2, 0.25) is 5.02 Å². The average Bonchev–Trinajstić information content (AvgIpc) is 2.90. The number of nitrogens with one attached hydrogen (secondary N) is 1. The fraction of sp³-hybridized carbons (Fsp3) is 0.316. The van der Waals surface area contributed by atoms with Crippen LogP contribution >= 0.6 is 24.0 Å². The predicted octanol–water partition coefficient (Wildman–Crippen LogP) is 3.78. The zero-order chi connectivity index (χ0) is 16.8. The van der Waals surface area contributed by atoms with Crippen LogP contribution in [0.15, 0.2) is 48.5 Å². The van der Waals surface area contributed by atoms with E-state index in [1.165, 1.54) is 0 Å². The highest BCUT2D eigenvalue weighted by molar-refractivity contribution is 6.30. The van der Waals surface area contributed by atoms with E-state index in [2.05, 4.69) is 5.32 Å². The molecule has 1 amide bonds. The molecular formula is C19H22Cl2N2O2. The fourth-order valence-electron chi connectivity index (χ4n) is 2.70. The molecule has 0 radical (unpaired) electrons. The molecule has 4 nitrogen and oxygen atoms in total. The van der Waals surface area contributed by atoms with Crippen LogP contribution < -0.4 is 10.1 Å². The third-order valence-electron chi connectivity index (χ3n) is 4.03. The van der Waals surface area contributed by atoms with Gasteiger partial charge in [0.25, 0.3) is 5.91 Å². The van der Waals surface area contributed by atoms with Crippen molar-refractivity contribution >= 4 is 29.9 Å². The number of benzene rings is 2. The number of carbonyl (C=O) groups is 1. The number of hydrogen-bond donors (Lipinski definition) is 1. The van der Waals surface area contributed by atoms with E-state index >= 15 is 0 Å². The molecule has 0 atom stereocenters. The highest BCUT2D eigenvalue weighted by Crippen LogP contribution is 2.18. The molecule has 0 saturated carbocycles. The molecule has 1 heterocycles. The summed E-state index contributed by atoms with van der Waals surface area (Å²) in [6.07, 6.45) is 0.985. The van der Waals surface area contributed by atoms with Gasteiger partial charge in [0.2, 0.25) is 0 Å². The minimum absolute atomic E-state index is 0. The van der Waals surface area contributed by atoms with E-state index in [-0.39, 0.29) is 18.3 Å². The zero-order valence-corrected chi connectivity index (χ0v) is 15.5. The van der Waals surface area contributed by atoms with Gasteiger partial charge in [-0.25, -0.2) is 0 Å². The van der Waals surface area contributed by atoms with Gasteiger partial charge in [0.15, 0.2) is 0 Å². The SMILES string of the molecule is Cl.O=C(c1cccc(OCc2ccc(Cl)cc2)c1)N1CCCNCC1. The van der Waals surface area contributed by atoms with Crippen LogP contribution in [-0.4, -0.2) is 37.0 Å². The van der Waals surface area contributed by atoms with E-state index in [1.807, 2.05) is 53.4 Å². The van der Waals surface area contributed by atoms with Crippen molar-refractivity contribution < 1.29 is 9.53 Å². The first kappa shape index (κ1) is 19.6. The first-order valence-corrected chi connectivity index (χ1v) is 8.57. The lowest BCUT2D eigenvalue weighted by Gasteiger charge is -2.20.